The van der Waals surface area contributed by atoms with Crippen LogP contribution in [0.15, 0.2) is 35.2 Å². The molecule has 1 aromatic rings. The summed E-state index contributed by atoms with van der Waals surface area (Å²) < 4.78 is 27.5. The molecule has 3 saturated heterocycles. The molecule has 1 amide bonds. The van der Waals surface area contributed by atoms with Crippen molar-refractivity contribution in [3.05, 3.63) is 30.3 Å². The van der Waals surface area contributed by atoms with Crippen molar-refractivity contribution in [3.63, 3.8) is 0 Å². The Morgan fingerprint density at radius 3 is 2.60 bits per heavy atom. The van der Waals surface area contributed by atoms with E-state index < -0.39 is 16.1 Å². The maximum atomic E-state index is 13.3. The third-order valence-electron chi connectivity index (χ3n) is 5.75. The number of benzene rings is 1. The standard InChI is InChI=1S/C18H25N3O3S/c22-18(21-14-8-9-15(21)13-19-11-10-14)17-7-4-12-20(17)25(23,24)16-5-2-1-3-6-16/h1-3,5-6,14-15,17,19H,4,7-13H2. The van der Waals surface area contributed by atoms with E-state index >= 15 is 0 Å². The van der Waals surface area contributed by atoms with Crippen LogP contribution in [-0.2, 0) is 14.8 Å². The molecule has 4 rings (SSSR count). The number of nitrogens with zero attached hydrogens (tertiary/aromatic N) is 2. The molecule has 0 aliphatic carbocycles. The molecule has 3 aliphatic rings. The van der Waals surface area contributed by atoms with E-state index in [4.69, 9.17) is 0 Å². The topological polar surface area (TPSA) is 69.7 Å². The van der Waals surface area contributed by atoms with Crippen molar-refractivity contribution in [2.24, 2.45) is 0 Å². The zero-order valence-corrected chi connectivity index (χ0v) is 15.1. The van der Waals surface area contributed by atoms with Crippen LogP contribution >= 0.6 is 0 Å². The molecule has 0 saturated carbocycles. The average Bonchev–Trinajstić information content (AvgIpc) is 3.19. The van der Waals surface area contributed by atoms with E-state index in [1.807, 2.05) is 4.90 Å². The Labute approximate surface area is 149 Å². The Kier molecular flexibility index (Phi) is 4.56. The molecular formula is C18H25N3O3S. The van der Waals surface area contributed by atoms with Gasteiger partial charge in [-0.2, -0.15) is 4.31 Å². The van der Waals surface area contributed by atoms with Crippen molar-refractivity contribution in [3.8, 4) is 0 Å². The second-order valence-corrected chi connectivity index (χ2v) is 9.10. The lowest BCUT2D eigenvalue weighted by atomic mass is 10.1. The fraction of sp³-hybridized carbons (Fsp3) is 0.611. The van der Waals surface area contributed by atoms with Crippen molar-refractivity contribution < 1.29 is 13.2 Å². The Morgan fingerprint density at radius 2 is 1.80 bits per heavy atom. The molecule has 0 aromatic heterocycles. The van der Waals surface area contributed by atoms with E-state index in [-0.39, 0.29) is 22.9 Å². The van der Waals surface area contributed by atoms with E-state index in [0.29, 0.717) is 13.0 Å². The maximum absolute atomic E-state index is 13.3. The van der Waals surface area contributed by atoms with Crippen molar-refractivity contribution in [2.45, 2.75) is 55.1 Å². The molecular weight excluding hydrogens is 338 g/mol. The Bertz CT molecular complexity index is 723. The number of hydrogen-bond donors (Lipinski definition) is 1. The van der Waals surface area contributed by atoms with Crippen LogP contribution in [0.3, 0.4) is 0 Å². The summed E-state index contributed by atoms with van der Waals surface area (Å²) in [6.45, 7) is 2.18. The van der Waals surface area contributed by atoms with Gasteiger partial charge in [0.1, 0.15) is 6.04 Å². The smallest absolute Gasteiger partial charge is 0.243 e. The quantitative estimate of drug-likeness (QED) is 0.876. The first-order valence-corrected chi connectivity index (χ1v) is 10.6. The van der Waals surface area contributed by atoms with Gasteiger partial charge in [0, 0.05) is 25.2 Å². The molecule has 7 heteroatoms. The summed E-state index contributed by atoms with van der Waals surface area (Å²) in [6.07, 6.45) is 4.37. The van der Waals surface area contributed by atoms with Crippen LogP contribution in [0.4, 0.5) is 0 Å². The summed E-state index contributed by atoms with van der Waals surface area (Å²) >= 11 is 0. The lowest BCUT2D eigenvalue weighted by molar-refractivity contribution is -0.137. The van der Waals surface area contributed by atoms with Gasteiger partial charge in [-0.3, -0.25) is 4.79 Å². The van der Waals surface area contributed by atoms with Crippen LogP contribution in [-0.4, -0.2) is 61.3 Å². The van der Waals surface area contributed by atoms with Crippen LogP contribution < -0.4 is 5.32 Å². The Morgan fingerprint density at radius 1 is 1.04 bits per heavy atom. The lowest BCUT2D eigenvalue weighted by Crippen LogP contribution is -2.52. The maximum Gasteiger partial charge on any atom is 0.243 e. The van der Waals surface area contributed by atoms with E-state index in [1.54, 1.807) is 30.3 Å². The van der Waals surface area contributed by atoms with Gasteiger partial charge in [0.2, 0.25) is 15.9 Å². The lowest BCUT2D eigenvalue weighted by Gasteiger charge is -2.33. The second kappa shape index (κ2) is 6.70. The van der Waals surface area contributed by atoms with Gasteiger partial charge in [-0.05, 0) is 50.8 Å². The first-order valence-electron chi connectivity index (χ1n) is 9.19. The fourth-order valence-corrected chi connectivity index (χ4v) is 6.19. The largest absolute Gasteiger partial charge is 0.334 e. The number of sulfonamides is 1. The highest BCUT2D eigenvalue weighted by atomic mass is 32.2. The Balaban J connectivity index is 1.60. The molecule has 3 unspecified atom stereocenters. The van der Waals surface area contributed by atoms with E-state index in [9.17, 15) is 13.2 Å². The van der Waals surface area contributed by atoms with E-state index in [0.717, 1.165) is 38.8 Å². The summed E-state index contributed by atoms with van der Waals surface area (Å²) in [6, 6.07) is 8.38. The van der Waals surface area contributed by atoms with E-state index in [2.05, 4.69) is 5.32 Å². The summed E-state index contributed by atoms with van der Waals surface area (Å²) in [7, 11) is -3.63. The minimum Gasteiger partial charge on any atom is -0.334 e. The number of rotatable bonds is 3. The normalized spacial score (nSPS) is 30.4. The summed E-state index contributed by atoms with van der Waals surface area (Å²) in [5.41, 5.74) is 0. The summed E-state index contributed by atoms with van der Waals surface area (Å²) in [4.78, 5) is 15.6. The van der Waals surface area contributed by atoms with Gasteiger partial charge >= 0.3 is 0 Å². The number of carbonyl (C=O) groups excluding carboxylic acids is 1. The average molecular weight is 363 g/mol. The molecule has 0 radical (unpaired) electrons. The number of hydrogen-bond acceptors (Lipinski definition) is 4. The zero-order valence-electron chi connectivity index (χ0n) is 14.3. The van der Waals surface area contributed by atoms with Crippen LogP contribution in [0.2, 0.25) is 0 Å². The zero-order chi connectivity index (χ0) is 17.4. The van der Waals surface area contributed by atoms with Gasteiger partial charge in [0.05, 0.1) is 4.90 Å². The third kappa shape index (κ3) is 2.98. The number of nitrogens with one attached hydrogen (secondary N) is 1. The van der Waals surface area contributed by atoms with Crippen LogP contribution in [0.25, 0.3) is 0 Å². The SMILES string of the molecule is O=C(C1CCCN1S(=O)(=O)c1ccccc1)N1C2CCNCC1CC2. The fourth-order valence-electron chi connectivity index (χ4n) is 4.52. The van der Waals surface area contributed by atoms with Gasteiger partial charge in [-0.15, -0.1) is 0 Å². The highest BCUT2D eigenvalue weighted by Crippen LogP contribution is 2.33. The number of amides is 1. The predicted octanol–water partition coefficient (Wildman–Crippen LogP) is 1.19. The van der Waals surface area contributed by atoms with Crippen molar-refractivity contribution in [2.75, 3.05) is 19.6 Å². The highest BCUT2D eigenvalue weighted by molar-refractivity contribution is 7.89. The minimum absolute atomic E-state index is 0.00760. The number of carbonyl (C=O) groups is 1. The predicted molar refractivity (Wildman–Crippen MR) is 94.5 cm³/mol. The Hall–Kier alpha value is -1.44. The van der Waals surface area contributed by atoms with Crippen LogP contribution in [0, 0.1) is 0 Å². The molecule has 3 fully saturated rings. The molecule has 0 spiro atoms. The van der Waals surface area contributed by atoms with Gasteiger partial charge in [0.25, 0.3) is 0 Å². The van der Waals surface area contributed by atoms with Gasteiger partial charge in [-0.1, -0.05) is 18.2 Å². The molecule has 25 heavy (non-hydrogen) atoms. The number of fused-ring (bicyclic) bond motifs is 2. The van der Waals surface area contributed by atoms with Crippen molar-refractivity contribution in [1.82, 2.24) is 14.5 Å². The second-order valence-electron chi connectivity index (χ2n) is 7.21. The third-order valence-corrected chi connectivity index (χ3v) is 7.67. The van der Waals surface area contributed by atoms with Crippen molar-refractivity contribution >= 4 is 15.9 Å². The summed E-state index contributed by atoms with van der Waals surface area (Å²) in [5, 5.41) is 3.40. The minimum atomic E-state index is -3.63. The molecule has 136 valence electrons. The highest BCUT2D eigenvalue weighted by Gasteiger charge is 2.46. The summed E-state index contributed by atoms with van der Waals surface area (Å²) in [5.74, 6) is 0.00760. The first-order chi connectivity index (χ1) is 12.1. The molecule has 1 N–H and O–H groups in total. The monoisotopic (exact) mass is 363 g/mol. The molecule has 1 aromatic carbocycles. The molecule has 3 atom stereocenters. The van der Waals surface area contributed by atoms with Gasteiger partial charge in [-0.25, -0.2) is 8.42 Å². The van der Waals surface area contributed by atoms with Crippen LogP contribution in [0.1, 0.15) is 32.1 Å². The van der Waals surface area contributed by atoms with Gasteiger partial charge < -0.3 is 10.2 Å². The molecule has 2 bridgehead atoms. The first kappa shape index (κ1) is 17.0. The van der Waals surface area contributed by atoms with Crippen molar-refractivity contribution in [1.29, 1.82) is 0 Å². The molecule has 3 aliphatic heterocycles. The van der Waals surface area contributed by atoms with Crippen LogP contribution in [0.5, 0.6) is 0 Å². The molecule has 6 nitrogen and oxygen atoms in total. The molecule has 3 heterocycles. The van der Waals surface area contributed by atoms with Gasteiger partial charge in [0.15, 0.2) is 0 Å². The van der Waals surface area contributed by atoms with E-state index in [1.165, 1.54) is 4.31 Å².